The molecule has 0 fully saturated rings. The van der Waals surface area contributed by atoms with Gasteiger partial charge >= 0.3 is 0 Å². The number of halogens is 1. The van der Waals surface area contributed by atoms with Crippen molar-refractivity contribution in [2.75, 3.05) is 6.54 Å². The lowest BCUT2D eigenvalue weighted by molar-refractivity contribution is -0.384. The highest BCUT2D eigenvalue weighted by Crippen LogP contribution is 2.29. The first-order chi connectivity index (χ1) is 13.8. The second kappa shape index (κ2) is 8.46. The van der Waals surface area contributed by atoms with Crippen molar-refractivity contribution in [1.82, 2.24) is 5.32 Å². The minimum atomic E-state index is -3.89. The zero-order valence-electron chi connectivity index (χ0n) is 14.8. The first-order valence-corrected chi connectivity index (χ1v) is 10.3. The Hall–Kier alpha value is -3.17. The Labute approximate surface area is 171 Å². The van der Waals surface area contributed by atoms with Gasteiger partial charge in [-0.05, 0) is 48.5 Å². The number of carbonyl (C=O) groups is 1. The number of carbonyl (C=O) groups excluding carboxylic acids is 1. The number of non-ortho nitro benzene ring substituents is 1. The zero-order chi connectivity index (χ0) is 21.0. The van der Waals surface area contributed by atoms with Gasteiger partial charge in [0.05, 0.1) is 16.1 Å². The molecule has 1 unspecified atom stereocenters. The Morgan fingerprint density at radius 1 is 1.10 bits per heavy atom. The third-order valence-electron chi connectivity index (χ3n) is 4.17. The molecule has 1 atom stereocenters. The summed E-state index contributed by atoms with van der Waals surface area (Å²) in [4.78, 5) is 22.6. The molecule has 0 aliphatic rings. The second-order valence-electron chi connectivity index (χ2n) is 6.02. The first kappa shape index (κ1) is 20.6. The van der Waals surface area contributed by atoms with Crippen LogP contribution in [0.2, 0.25) is 5.02 Å². The molecule has 0 saturated heterocycles. The number of nitro benzene ring substituents is 1. The van der Waals surface area contributed by atoms with Crippen LogP contribution in [0.5, 0.6) is 0 Å². The molecule has 1 aromatic heterocycles. The molecule has 0 aliphatic carbocycles. The molecule has 0 aliphatic heterocycles. The summed E-state index contributed by atoms with van der Waals surface area (Å²) in [6.07, 6.45) is 1.35. The average Bonchev–Trinajstić information content (AvgIpc) is 3.22. The van der Waals surface area contributed by atoms with Crippen LogP contribution in [0.25, 0.3) is 0 Å². The van der Waals surface area contributed by atoms with Crippen LogP contribution in [0.4, 0.5) is 5.69 Å². The van der Waals surface area contributed by atoms with Crippen molar-refractivity contribution in [3.8, 4) is 0 Å². The van der Waals surface area contributed by atoms with Gasteiger partial charge in [-0.15, -0.1) is 0 Å². The van der Waals surface area contributed by atoms with Crippen molar-refractivity contribution in [2.45, 2.75) is 10.1 Å². The summed E-state index contributed by atoms with van der Waals surface area (Å²) < 4.78 is 31.4. The average molecular weight is 435 g/mol. The van der Waals surface area contributed by atoms with E-state index in [1.165, 1.54) is 60.9 Å². The molecule has 2 aromatic carbocycles. The second-order valence-corrected chi connectivity index (χ2v) is 8.58. The maximum Gasteiger partial charge on any atom is 0.269 e. The Morgan fingerprint density at radius 2 is 1.76 bits per heavy atom. The number of amides is 1. The summed E-state index contributed by atoms with van der Waals surface area (Å²) in [7, 11) is -3.89. The molecular formula is C19H15ClN2O6S. The molecule has 1 N–H and O–H groups in total. The minimum Gasteiger partial charge on any atom is -0.468 e. The number of nitrogens with zero attached hydrogens (tertiary/aromatic N) is 1. The Bertz CT molecular complexity index is 1110. The SMILES string of the molecule is O=C(NCC(c1ccco1)S(=O)(=O)c1ccc(Cl)cc1)c1ccc([N+](=O)[O-])cc1. The molecule has 0 saturated carbocycles. The molecule has 3 rings (SSSR count). The number of benzene rings is 2. The summed E-state index contributed by atoms with van der Waals surface area (Å²) in [6, 6.07) is 13.7. The Balaban J connectivity index is 1.82. The van der Waals surface area contributed by atoms with E-state index >= 15 is 0 Å². The highest BCUT2D eigenvalue weighted by molar-refractivity contribution is 7.91. The Morgan fingerprint density at radius 3 is 2.31 bits per heavy atom. The number of nitro groups is 1. The number of rotatable bonds is 7. The van der Waals surface area contributed by atoms with E-state index in [1.54, 1.807) is 6.07 Å². The maximum atomic E-state index is 13.1. The topological polar surface area (TPSA) is 120 Å². The van der Waals surface area contributed by atoms with Crippen LogP contribution in [0.3, 0.4) is 0 Å². The molecule has 0 bridgehead atoms. The number of nitrogens with one attached hydrogen (secondary N) is 1. The largest absolute Gasteiger partial charge is 0.468 e. The van der Waals surface area contributed by atoms with Crippen LogP contribution >= 0.6 is 11.6 Å². The van der Waals surface area contributed by atoms with E-state index in [9.17, 15) is 23.3 Å². The molecule has 29 heavy (non-hydrogen) atoms. The van der Waals surface area contributed by atoms with Gasteiger partial charge in [0.1, 0.15) is 11.0 Å². The van der Waals surface area contributed by atoms with E-state index in [0.717, 1.165) is 0 Å². The molecule has 1 heterocycles. The van der Waals surface area contributed by atoms with Crippen molar-refractivity contribution < 1.29 is 22.6 Å². The van der Waals surface area contributed by atoms with Gasteiger partial charge in [0, 0.05) is 29.3 Å². The van der Waals surface area contributed by atoms with Crippen LogP contribution in [0.1, 0.15) is 21.4 Å². The smallest absolute Gasteiger partial charge is 0.269 e. The molecule has 10 heteroatoms. The zero-order valence-corrected chi connectivity index (χ0v) is 16.4. The van der Waals surface area contributed by atoms with Crippen molar-refractivity contribution in [3.63, 3.8) is 0 Å². The molecule has 8 nitrogen and oxygen atoms in total. The number of hydrogen-bond donors (Lipinski definition) is 1. The van der Waals surface area contributed by atoms with Crippen LogP contribution in [0.15, 0.2) is 76.2 Å². The van der Waals surface area contributed by atoms with E-state index in [-0.39, 0.29) is 28.5 Å². The van der Waals surface area contributed by atoms with Gasteiger partial charge in [-0.25, -0.2) is 8.42 Å². The molecule has 0 spiro atoms. The standard InChI is InChI=1S/C19H15ClN2O6S/c20-14-5-9-16(10-6-14)29(26,27)18(17-2-1-11-28-17)12-21-19(23)13-3-7-15(8-4-13)22(24)25/h1-11,18H,12H2,(H,21,23). The maximum absolute atomic E-state index is 13.1. The molecule has 0 radical (unpaired) electrons. The van der Waals surface area contributed by atoms with Crippen molar-refractivity contribution >= 4 is 33.0 Å². The number of furan rings is 1. The lowest BCUT2D eigenvalue weighted by atomic mass is 10.2. The molecular weight excluding hydrogens is 420 g/mol. The third kappa shape index (κ3) is 4.64. The minimum absolute atomic E-state index is 0.0351. The van der Waals surface area contributed by atoms with Crippen LogP contribution in [0, 0.1) is 10.1 Å². The summed E-state index contributed by atoms with van der Waals surface area (Å²) in [5.74, 6) is -0.397. The molecule has 150 valence electrons. The van der Waals surface area contributed by atoms with Gasteiger partial charge in [0.15, 0.2) is 9.84 Å². The van der Waals surface area contributed by atoms with Gasteiger partial charge in [-0.1, -0.05) is 11.6 Å². The summed E-state index contributed by atoms with van der Waals surface area (Å²) >= 11 is 5.83. The van der Waals surface area contributed by atoms with Crippen molar-refractivity contribution in [3.05, 3.63) is 93.4 Å². The van der Waals surface area contributed by atoms with Crippen molar-refractivity contribution in [2.24, 2.45) is 0 Å². The van der Waals surface area contributed by atoms with E-state index in [0.29, 0.717) is 5.02 Å². The number of sulfone groups is 1. The van der Waals surface area contributed by atoms with Gasteiger partial charge in [0.25, 0.3) is 11.6 Å². The summed E-state index contributed by atoms with van der Waals surface area (Å²) in [6.45, 7) is -0.256. The van der Waals surface area contributed by atoms with Gasteiger partial charge < -0.3 is 9.73 Å². The molecule has 1 amide bonds. The van der Waals surface area contributed by atoms with Crippen LogP contribution in [-0.2, 0) is 9.84 Å². The fourth-order valence-corrected chi connectivity index (χ4v) is 4.36. The lowest BCUT2D eigenvalue weighted by Gasteiger charge is -2.17. The predicted molar refractivity (Wildman–Crippen MR) is 106 cm³/mol. The quantitative estimate of drug-likeness (QED) is 0.446. The lowest BCUT2D eigenvalue weighted by Crippen LogP contribution is -2.31. The normalized spacial score (nSPS) is 12.3. The van der Waals surface area contributed by atoms with E-state index in [2.05, 4.69) is 5.32 Å². The summed E-state index contributed by atoms with van der Waals surface area (Å²) in [5.41, 5.74) is 0.0121. The monoisotopic (exact) mass is 434 g/mol. The first-order valence-electron chi connectivity index (χ1n) is 8.34. The van der Waals surface area contributed by atoms with E-state index < -0.39 is 25.9 Å². The summed E-state index contributed by atoms with van der Waals surface area (Å²) in [5, 5.41) is 12.5. The Kier molecular flexibility index (Phi) is 6.00. The fraction of sp³-hybridized carbons (Fsp3) is 0.105. The predicted octanol–water partition coefficient (Wildman–Crippen LogP) is 3.79. The van der Waals surface area contributed by atoms with Crippen LogP contribution < -0.4 is 5.32 Å². The van der Waals surface area contributed by atoms with E-state index in [1.807, 2.05) is 0 Å². The van der Waals surface area contributed by atoms with Gasteiger partial charge in [-0.3, -0.25) is 14.9 Å². The van der Waals surface area contributed by atoms with Gasteiger partial charge in [-0.2, -0.15) is 0 Å². The number of hydrogen-bond acceptors (Lipinski definition) is 6. The van der Waals surface area contributed by atoms with Crippen molar-refractivity contribution in [1.29, 1.82) is 0 Å². The fourth-order valence-electron chi connectivity index (χ4n) is 2.65. The third-order valence-corrected chi connectivity index (χ3v) is 6.49. The highest BCUT2D eigenvalue weighted by Gasteiger charge is 2.32. The highest BCUT2D eigenvalue weighted by atomic mass is 35.5. The van der Waals surface area contributed by atoms with Gasteiger partial charge in [0.2, 0.25) is 0 Å². The van der Waals surface area contributed by atoms with E-state index in [4.69, 9.17) is 16.0 Å². The van der Waals surface area contributed by atoms with Crippen LogP contribution in [-0.4, -0.2) is 25.8 Å². The molecule has 3 aromatic rings.